The lowest BCUT2D eigenvalue weighted by molar-refractivity contribution is -0.0507. The van der Waals surface area contributed by atoms with Crippen LogP contribution in [-0.2, 0) is 0 Å². The van der Waals surface area contributed by atoms with Crippen molar-refractivity contribution in [3.8, 4) is 5.75 Å². The number of hydrogen-bond donors (Lipinski definition) is 2. The van der Waals surface area contributed by atoms with Crippen LogP contribution in [0.2, 0.25) is 0 Å². The maximum Gasteiger partial charge on any atom is 0.387 e. The van der Waals surface area contributed by atoms with Crippen LogP contribution in [0, 0.1) is 0 Å². The molecule has 1 atom stereocenters. The fourth-order valence-corrected chi connectivity index (χ4v) is 1.77. The van der Waals surface area contributed by atoms with Crippen LogP contribution in [0.5, 0.6) is 5.75 Å². The van der Waals surface area contributed by atoms with E-state index in [1.54, 1.807) is 18.2 Å². The Labute approximate surface area is 106 Å². The summed E-state index contributed by atoms with van der Waals surface area (Å²) in [5.74, 6) is 5.63. The summed E-state index contributed by atoms with van der Waals surface area (Å²) < 4.78 is 29.1. The van der Waals surface area contributed by atoms with E-state index in [2.05, 4.69) is 16.7 Å². The molecule has 0 aliphatic rings. The summed E-state index contributed by atoms with van der Waals surface area (Å²) >= 11 is 0. The van der Waals surface area contributed by atoms with Crippen LogP contribution in [0.15, 0.2) is 36.9 Å². The zero-order valence-corrected chi connectivity index (χ0v) is 10.1. The van der Waals surface area contributed by atoms with Crippen molar-refractivity contribution in [2.24, 2.45) is 5.84 Å². The van der Waals surface area contributed by atoms with E-state index in [4.69, 9.17) is 5.84 Å². The number of allylic oxidation sites excluding steroid dienone is 1. The number of ether oxygens (including phenoxy) is 1. The molecule has 0 aromatic heterocycles. The molecule has 0 bridgehead atoms. The summed E-state index contributed by atoms with van der Waals surface area (Å²) in [7, 11) is 0. The third-order valence-electron chi connectivity index (χ3n) is 2.61. The number of halogens is 2. The second-order valence-corrected chi connectivity index (χ2v) is 3.86. The molecule has 3 nitrogen and oxygen atoms in total. The minimum atomic E-state index is -2.84. The topological polar surface area (TPSA) is 47.3 Å². The van der Waals surface area contributed by atoms with Crippen molar-refractivity contribution in [1.29, 1.82) is 0 Å². The van der Waals surface area contributed by atoms with Crippen molar-refractivity contribution in [2.45, 2.75) is 31.9 Å². The molecule has 0 aliphatic carbocycles. The van der Waals surface area contributed by atoms with Gasteiger partial charge in [-0.05, 0) is 25.3 Å². The first kappa shape index (κ1) is 14.6. The third kappa shape index (κ3) is 4.43. The van der Waals surface area contributed by atoms with E-state index in [1.807, 2.05) is 6.08 Å². The molecule has 0 amide bonds. The first-order chi connectivity index (χ1) is 8.69. The van der Waals surface area contributed by atoms with E-state index in [-0.39, 0.29) is 11.8 Å². The Hall–Kier alpha value is -1.46. The van der Waals surface area contributed by atoms with Gasteiger partial charge >= 0.3 is 6.61 Å². The minimum Gasteiger partial charge on any atom is -0.434 e. The van der Waals surface area contributed by atoms with Gasteiger partial charge in [-0.25, -0.2) is 0 Å². The SMILES string of the molecule is C=CCCCC(NN)c1ccccc1OC(F)F. The van der Waals surface area contributed by atoms with Gasteiger partial charge in [-0.1, -0.05) is 24.3 Å². The minimum absolute atomic E-state index is 0.161. The Morgan fingerprint density at radius 3 is 2.72 bits per heavy atom. The maximum absolute atomic E-state index is 12.3. The van der Waals surface area contributed by atoms with Gasteiger partial charge in [0, 0.05) is 11.6 Å². The molecule has 0 spiro atoms. The van der Waals surface area contributed by atoms with E-state index >= 15 is 0 Å². The molecule has 0 radical (unpaired) electrons. The van der Waals surface area contributed by atoms with Crippen molar-refractivity contribution < 1.29 is 13.5 Å². The maximum atomic E-state index is 12.3. The molecule has 1 aromatic rings. The molecule has 1 aromatic carbocycles. The van der Waals surface area contributed by atoms with Gasteiger partial charge in [0.25, 0.3) is 0 Å². The molecule has 100 valence electrons. The first-order valence-electron chi connectivity index (χ1n) is 5.79. The predicted molar refractivity (Wildman–Crippen MR) is 67.2 cm³/mol. The average Bonchev–Trinajstić information content (AvgIpc) is 2.35. The van der Waals surface area contributed by atoms with Crippen molar-refractivity contribution in [3.63, 3.8) is 0 Å². The van der Waals surface area contributed by atoms with Crippen molar-refractivity contribution in [1.82, 2.24) is 5.43 Å². The normalized spacial score (nSPS) is 12.4. The van der Waals surface area contributed by atoms with E-state index in [9.17, 15) is 8.78 Å². The standard InChI is InChI=1S/C13H18F2N2O/c1-2-3-4-8-11(17-16)10-7-5-6-9-12(10)18-13(14)15/h2,5-7,9,11,13,17H,1,3-4,8,16H2. The summed E-state index contributed by atoms with van der Waals surface area (Å²) in [6.45, 7) is 0.802. The van der Waals surface area contributed by atoms with Crippen LogP contribution >= 0.6 is 0 Å². The molecular weight excluding hydrogens is 238 g/mol. The fourth-order valence-electron chi connectivity index (χ4n) is 1.77. The smallest absolute Gasteiger partial charge is 0.387 e. The largest absolute Gasteiger partial charge is 0.434 e. The molecule has 0 aliphatic heterocycles. The zero-order chi connectivity index (χ0) is 13.4. The molecule has 0 heterocycles. The average molecular weight is 256 g/mol. The van der Waals surface area contributed by atoms with Gasteiger partial charge in [0.15, 0.2) is 0 Å². The molecule has 5 heteroatoms. The Balaban J connectivity index is 2.80. The molecule has 0 saturated carbocycles. The van der Waals surface area contributed by atoms with Crippen LogP contribution in [0.4, 0.5) is 8.78 Å². The van der Waals surface area contributed by atoms with Gasteiger partial charge in [-0.3, -0.25) is 11.3 Å². The zero-order valence-electron chi connectivity index (χ0n) is 10.1. The van der Waals surface area contributed by atoms with Crippen LogP contribution in [0.1, 0.15) is 30.9 Å². The number of alkyl halides is 2. The van der Waals surface area contributed by atoms with Gasteiger partial charge in [0.05, 0.1) is 0 Å². The highest BCUT2D eigenvalue weighted by Crippen LogP contribution is 2.29. The monoisotopic (exact) mass is 256 g/mol. The summed E-state index contributed by atoms with van der Waals surface area (Å²) in [5, 5.41) is 0. The highest BCUT2D eigenvalue weighted by molar-refractivity contribution is 5.35. The Morgan fingerprint density at radius 1 is 1.39 bits per heavy atom. The molecule has 0 fully saturated rings. The number of nitrogens with two attached hydrogens (primary N) is 1. The number of hydrogen-bond acceptors (Lipinski definition) is 3. The summed E-state index contributed by atoms with van der Waals surface area (Å²) in [4.78, 5) is 0. The van der Waals surface area contributed by atoms with Crippen LogP contribution < -0.4 is 16.0 Å². The van der Waals surface area contributed by atoms with E-state index in [1.165, 1.54) is 6.07 Å². The number of para-hydroxylation sites is 1. The molecule has 1 unspecified atom stereocenters. The van der Waals surface area contributed by atoms with Crippen LogP contribution in [0.3, 0.4) is 0 Å². The Morgan fingerprint density at radius 2 is 2.11 bits per heavy atom. The number of benzene rings is 1. The molecular formula is C13H18F2N2O. The van der Waals surface area contributed by atoms with Gasteiger partial charge in [-0.2, -0.15) is 8.78 Å². The summed E-state index contributed by atoms with van der Waals surface area (Å²) in [5.41, 5.74) is 3.27. The molecule has 3 N–H and O–H groups in total. The van der Waals surface area contributed by atoms with E-state index in [0.29, 0.717) is 5.56 Å². The predicted octanol–water partition coefficient (Wildman–Crippen LogP) is 3.15. The number of unbranched alkanes of at least 4 members (excludes halogenated alkanes) is 1. The summed E-state index contributed by atoms with van der Waals surface area (Å²) in [6, 6.07) is 6.46. The first-order valence-corrected chi connectivity index (χ1v) is 5.79. The van der Waals surface area contributed by atoms with E-state index in [0.717, 1.165) is 19.3 Å². The number of hydrazine groups is 1. The second kappa shape index (κ2) is 7.79. The third-order valence-corrected chi connectivity index (χ3v) is 2.61. The van der Waals surface area contributed by atoms with Gasteiger partial charge < -0.3 is 4.74 Å². The lowest BCUT2D eigenvalue weighted by Gasteiger charge is -2.19. The van der Waals surface area contributed by atoms with E-state index < -0.39 is 6.61 Å². The molecule has 0 saturated heterocycles. The quantitative estimate of drug-likeness (QED) is 0.325. The summed E-state index contributed by atoms with van der Waals surface area (Å²) in [6.07, 6.45) is 4.28. The number of nitrogens with one attached hydrogen (secondary N) is 1. The fraction of sp³-hybridized carbons (Fsp3) is 0.385. The highest BCUT2D eigenvalue weighted by atomic mass is 19.3. The highest BCUT2D eigenvalue weighted by Gasteiger charge is 2.16. The van der Waals surface area contributed by atoms with Gasteiger partial charge in [-0.15, -0.1) is 6.58 Å². The van der Waals surface area contributed by atoms with Crippen molar-refractivity contribution in [2.75, 3.05) is 0 Å². The Kier molecular flexibility index (Phi) is 6.32. The molecule has 18 heavy (non-hydrogen) atoms. The molecule has 1 rings (SSSR count). The number of rotatable bonds is 8. The van der Waals surface area contributed by atoms with Crippen molar-refractivity contribution >= 4 is 0 Å². The second-order valence-electron chi connectivity index (χ2n) is 3.86. The Bertz CT molecular complexity index is 372. The van der Waals surface area contributed by atoms with Crippen molar-refractivity contribution in [3.05, 3.63) is 42.5 Å². The lowest BCUT2D eigenvalue weighted by Crippen LogP contribution is -2.28. The van der Waals surface area contributed by atoms with Crippen LogP contribution in [-0.4, -0.2) is 6.61 Å². The van der Waals surface area contributed by atoms with Gasteiger partial charge in [0.1, 0.15) is 5.75 Å². The van der Waals surface area contributed by atoms with Gasteiger partial charge in [0.2, 0.25) is 0 Å². The lowest BCUT2D eigenvalue weighted by atomic mass is 10.0. The van der Waals surface area contributed by atoms with Crippen LogP contribution in [0.25, 0.3) is 0 Å².